The van der Waals surface area contributed by atoms with Crippen molar-refractivity contribution in [1.29, 1.82) is 0 Å². The predicted molar refractivity (Wildman–Crippen MR) is 123 cm³/mol. The summed E-state index contributed by atoms with van der Waals surface area (Å²) in [5.74, 6) is 0.572. The summed E-state index contributed by atoms with van der Waals surface area (Å²) in [7, 11) is 0. The van der Waals surface area contributed by atoms with E-state index in [1.165, 1.54) is 12.1 Å². The maximum absolute atomic E-state index is 13.3. The van der Waals surface area contributed by atoms with Crippen molar-refractivity contribution in [2.45, 2.75) is 51.0 Å². The molecule has 7 heteroatoms. The molecule has 0 aromatic heterocycles. The SMILES string of the molecule is O=C1CCCC2=C1C(c1cc(Cl)cc(Cl)c1OCc1ccc(F)cc1)C1=C(CCCC1=O)O2. The lowest BCUT2D eigenvalue weighted by atomic mass is 9.73. The molecule has 170 valence electrons. The highest BCUT2D eigenvalue weighted by atomic mass is 35.5. The van der Waals surface area contributed by atoms with E-state index in [9.17, 15) is 14.0 Å². The fourth-order valence-corrected chi connectivity index (χ4v) is 5.38. The Balaban J connectivity index is 1.63. The molecule has 0 saturated heterocycles. The van der Waals surface area contributed by atoms with Gasteiger partial charge in [-0.05, 0) is 42.7 Å². The van der Waals surface area contributed by atoms with E-state index < -0.39 is 5.92 Å². The van der Waals surface area contributed by atoms with Crippen LogP contribution in [0.2, 0.25) is 10.0 Å². The molecule has 0 saturated carbocycles. The topological polar surface area (TPSA) is 52.6 Å². The zero-order valence-corrected chi connectivity index (χ0v) is 19.3. The van der Waals surface area contributed by atoms with Gasteiger partial charge in [0, 0.05) is 47.4 Å². The minimum atomic E-state index is -0.635. The Bertz CT molecular complexity index is 1170. The lowest BCUT2D eigenvalue weighted by Crippen LogP contribution is -2.30. The van der Waals surface area contributed by atoms with E-state index in [0.29, 0.717) is 77.5 Å². The Morgan fingerprint density at radius 1 is 0.909 bits per heavy atom. The molecule has 5 rings (SSSR count). The van der Waals surface area contributed by atoms with Crippen molar-refractivity contribution in [3.05, 3.63) is 86.1 Å². The van der Waals surface area contributed by atoms with Gasteiger partial charge in [0.05, 0.1) is 10.9 Å². The molecule has 0 atom stereocenters. The summed E-state index contributed by atoms with van der Waals surface area (Å²) in [5.41, 5.74) is 2.33. The number of allylic oxidation sites excluding steroid dienone is 4. The molecule has 0 unspecified atom stereocenters. The predicted octanol–water partition coefficient (Wildman–Crippen LogP) is 6.84. The lowest BCUT2D eigenvalue weighted by molar-refractivity contribution is -0.117. The molecular weight excluding hydrogens is 466 g/mol. The van der Waals surface area contributed by atoms with E-state index in [-0.39, 0.29) is 29.0 Å². The first-order chi connectivity index (χ1) is 15.9. The third kappa shape index (κ3) is 4.20. The van der Waals surface area contributed by atoms with Gasteiger partial charge in [-0.1, -0.05) is 35.3 Å². The van der Waals surface area contributed by atoms with Crippen LogP contribution in [-0.2, 0) is 20.9 Å². The van der Waals surface area contributed by atoms with Crippen LogP contribution in [0.3, 0.4) is 0 Å². The number of hydrogen-bond donors (Lipinski definition) is 0. The fraction of sp³-hybridized carbons (Fsp3) is 0.308. The Morgan fingerprint density at radius 3 is 2.12 bits per heavy atom. The molecule has 33 heavy (non-hydrogen) atoms. The van der Waals surface area contributed by atoms with E-state index in [2.05, 4.69) is 0 Å². The van der Waals surface area contributed by atoms with Crippen molar-refractivity contribution in [2.75, 3.05) is 0 Å². The van der Waals surface area contributed by atoms with Crippen LogP contribution in [0.5, 0.6) is 5.75 Å². The largest absolute Gasteiger partial charge is 0.487 e. The van der Waals surface area contributed by atoms with Crippen LogP contribution in [0.15, 0.2) is 59.1 Å². The highest BCUT2D eigenvalue weighted by molar-refractivity contribution is 6.35. The first-order valence-corrected chi connectivity index (χ1v) is 11.7. The molecule has 4 nitrogen and oxygen atoms in total. The third-order valence-electron chi connectivity index (χ3n) is 6.29. The number of benzene rings is 2. The Morgan fingerprint density at radius 2 is 1.52 bits per heavy atom. The molecule has 1 heterocycles. The van der Waals surface area contributed by atoms with Crippen LogP contribution in [-0.4, -0.2) is 11.6 Å². The van der Waals surface area contributed by atoms with Crippen molar-refractivity contribution in [1.82, 2.24) is 0 Å². The van der Waals surface area contributed by atoms with E-state index in [0.717, 1.165) is 5.56 Å². The first-order valence-electron chi connectivity index (χ1n) is 11.0. The van der Waals surface area contributed by atoms with Gasteiger partial charge in [-0.25, -0.2) is 4.39 Å². The monoisotopic (exact) mass is 486 g/mol. The molecule has 2 aliphatic carbocycles. The van der Waals surface area contributed by atoms with Crippen LogP contribution in [0.4, 0.5) is 4.39 Å². The van der Waals surface area contributed by atoms with Gasteiger partial charge in [0.2, 0.25) is 0 Å². The van der Waals surface area contributed by atoms with Gasteiger partial charge in [0.1, 0.15) is 29.7 Å². The number of rotatable bonds is 4. The summed E-state index contributed by atoms with van der Waals surface area (Å²) < 4.78 is 25.5. The Hall–Kier alpha value is -2.63. The fourth-order valence-electron chi connectivity index (χ4n) is 4.81. The smallest absolute Gasteiger partial charge is 0.163 e. The molecule has 0 fully saturated rings. The summed E-state index contributed by atoms with van der Waals surface area (Å²) in [4.78, 5) is 26.1. The molecule has 1 aliphatic heterocycles. The number of hydrogen-bond acceptors (Lipinski definition) is 4. The van der Waals surface area contributed by atoms with Crippen LogP contribution in [0.25, 0.3) is 0 Å². The zero-order valence-electron chi connectivity index (χ0n) is 17.8. The van der Waals surface area contributed by atoms with Crippen LogP contribution >= 0.6 is 23.2 Å². The van der Waals surface area contributed by atoms with Crippen molar-refractivity contribution >= 4 is 34.8 Å². The van der Waals surface area contributed by atoms with Crippen molar-refractivity contribution < 1.29 is 23.5 Å². The van der Waals surface area contributed by atoms with Gasteiger partial charge in [0.15, 0.2) is 11.6 Å². The highest BCUT2D eigenvalue weighted by Gasteiger charge is 2.43. The number of Topliss-reactive ketones (excluding diaryl/α,β-unsaturated/α-hetero) is 2. The minimum absolute atomic E-state index is 0.0354. The molecule has 0 spiro atoms. The molecule has 0 radical (unpaired) electrons. The van der Waals surface area contributed by atoms with Gasteiger partial charge >= 0.3 is 0 Å². The van der Waals surface area contributed by atoms with Gasteiger partial charge < -0.3 is 9.47 Å². The minimum Gasteiger partial charge on any atom is -0.487 e. The Labute approximate surface area is 201 Å². The number of ether oxygens (including phenoxy) is 2. The molecule has 2 aromatic rings. The van der Waals surface area contributed by atoms with Gasteiger partial charge in [-0.15, -0.1) is 0 Å². The van der Waals surface area contributed by atoms with Crippen molar-refractivity contribution in [3.63, 3.8) is 0 Å². The van der Waals surface area contributed by atoms with Crippen molar-refractivity contribution in [3.8, 4) is 5.75 Å². The second-order valence-corrected chi connectivity index (χ2v) is 9.33. The molecule has 3 aliphatic rings. The average molecular weight is 487 g/mol. The van der Waals surface area contributed by atoms with Gasteiger partial charge in [-0.2, -0.15) is 0 Å². The number of halogens is 3. The van der Waals surface area contributed by atoms with Crippen LogP contribution < -0.4 is 4.74 Å². The lowest BCUT2D eigenvalue weighted by Gasteiger charge is -2.36. The summed E-state index contributed by atoms with van der Waals surface area (Å²) in [5, 5.41) is 0.661. The second-order valence-electron chi connectivity index (χ2n) is 8.48. The number of ketones is 2. The third-order valence-corrected chi connectivity index (χ3v) is 6.78. The summed E-state index contributed by atoms with van der Waals surface area (Å²) in [6.07, 6.45) is 3.51. The maximum atomic E-state index is 13.3. The summed E-state index contributed by atoms with van der Waals surface area (Å²) >= 11 is 12.9. The van der Waals surface area contributed by atoms with Crippen LogP contribution in [0.1, 0.15) is 55.6 Å². The standard InChI is InChI=1S/C26H21Cl2FO4/c27-15-11-17(26(18(28)12-15)32-13-14-7-9-16(29)10-8-14)23-24-19(30)3-1-5-21(24)33-22-6-2-4-20(31)25(22)23/h7-12,23H,1-6,13H2. The summed E-state index contributed by atoms with van der Waals surface area (Å²) in [6.45, 7) is 0.136. The van der Waals surface area contributed by atoms with E-state index in [1.807, 2.05) is 0 Å². The first kappa shape index (κ1) is 22.2. The van der Waals surface area contributed by atoms with Gasteiger partial charge in [-0.3, -0.25) is 9.59 Å². The maximum Gasteiger partial charge on any atom is 0.163 e. The number of carbonyl (C=O) groups excluding carboxylic acids is 2. The van der Waals surface area contributed by atoms with Gasteiger partial charge in [0.25, 0.3) is 0 Å². The van der Waals surface area contributed by atoms with Crippen LogP contribution in [0, 0.1) is 5.82 Å². The molecule has 0 bridgehead atoms. The van der Waals surface area contributed by atoms with Crippen molar-refractivity contribution in [2.24, 2.45) is 0 Å². The van der Waals surface area contributed by atoms with E-state index in [1.54, 1.807) is 24.3 Å². The summed E-state index contributed by atoms with van der Waals surface area (Å²) in [6, 6.07) is 9.26. The second kappa shape index (κ2) is 8.96. The quantitative estimate of drug-likeness (QED) is 0.474. The normalized spacial score (nSPS) is 18.8. The van der Waals surface area contributed by atoms with E-state index in [4.69, 9.17) is 32.7 Å². The Kier molecular flexibility index (Phi) is 6.02. The molecular formula is C26H21Cl2FO4. The molecule has 0 N–H and O–H groups in total. The highest BCUT2D eigenvalue weighted by Crippen LogP contribution is 2.51. The molecule has 2 aromatic carbocycles. The average Bonchev–Trinajstić information content (AvgIpc) is 2.78. The zero-order chi connectivity index (χ0) is 23.1. The number of carbonyl (C=O) groups is 2. The van der Waals surface area contributed by atoms with E-state index >= 15 is 0 Å². The molecule has 0 amide bonds.